The Morgan fingerprint density at radius 1 is 1.09 bits per heavy atom. The van der Waals surface area contributed by atoms with E-state index in [2.05, 4.69) is 10.5 Å². The fraction of sp³-hybridized carbons (Fsp3) is 0.667. The molecule has 1 heterocycles. The third-order valence-corrected chi connectivity index (χ3v) is 3.11. The summed E-state index contributed by atoms with van der Waals surface area (Å²) in [5.41, 5.74) is 4.32. The van der Waals surface area contributed by atoms with Crippen LogP contribution in [0.15, 0.2) is 0 Å². The highest BCUT2D eigenvalue weighted by molar-refractivity contribution is 7.09. The molecule has 1 aliphatic rings. The summed E-state index contributed by atoms with van der Waals surface area (Å²) in [6.45, 7) is 0. The van der Waals surface area contributed by atoms with Crippen molar-refractivity contribution in [1.82, 2.24) is 4.98 Å². The average molecular weight is 166 g/mol. The molecule has 0 unspecified atom stereocenters. The van der Waals surface area contributed by atoms with Crippen LogP contribution in [0, 0.1) is 5.51 Å². The molecule has 0 amide bonds. The molecule has 1 aromatic heterocycles. The molecular formula is C9H12NS. The van der Waals surface area contributed by atoms with Gasteiger partial charge in [-0.2, -0.15) is 0 Å². The van der Waals surface area contributed by atoms with Gasteiger partial charge >= 0.3 is 0 Å². The van der Waals surface area contributed by atoms with Crippen LogP contribution in [0.4, 0.5) is 0 Å². The van der Waals surface area contributed by atoms with Gasteiger partial charge in [-0.25, -0.2) is 4.98 Å². The van der Waals surface area contributed by atoms with Crippen molar-refractivity contribution in [3.63, 3.8) is 0 Å². The van der Waals surface area contributed by atoms with E-state index >= 15 is 0 Å². The molecule has 11 heavy (non-hydrogen) atoms. The second-order valence-corrected chi connectivity index (χ2v) is 3.97. The van der Waals surface area contributed by atoms with Gasteiger partial charge in [0.15, 0.2) is 5.51 Å². The lowest BCUT2D eigenvalue weighted by Crippen LogP contribution is -1.96. The SMILES string of the molecule is [c]1nc2c(s1)CCCCCC2. The number of rotatable bonds is 0. The van der Waals surface area contributed by atoms with Crippen LogP contribution >= 0.6 is 11.3 Å². The van der Waals surface area contributed by atoms with Gasteiger partial charge in [0, 0.05) is 4.88 Å². The molecule has 0 aromatic carbocycles. The molecule has 1 aliphatic carbocycles. The number of aromatic nitrogens is 1. The highest BCUT2D eigenvalue weighted by atomic mass is 32.1. The number of aryl methyl sites for hydroxylation is 2. The Hall–Kier alpha value is -0.370. The molecule has 0 saturated carbocycles. The van der Waals surface area contributed by atoms with Crippen molar-refractivity contribution in [3.05, 3.63) is 16.1 Å². The fourth-order valence-electron chi connectivity index (χ4n) is 1.58. The van der Waals surface area contributed by atoms with Crippen LogP contribution in [0.5, 0.6) is 0 Å². The summed E-state index contributed by atoms with van der Waals surface area (Å²) < 4.78 is 0. The molecule has 0 aliphatic heterocycles. The Bertz CT molecular complexity index is 207. The standard InChI is InChI=1S/C9H12NS/c1-2-4-6-9-8(5-3-1)10-7-11-9/h1-6H2. The van der Waals surface area contributed by atoms with Gasteiger partial charge in [-0.05, 0) is 25.7 Å². The molecule has 2 rings (SSSR count). The summed E-state index contributed by atoms with van der Waals surface area (Å²) >= 11 is 1.71. The molecule has 1 aromatic rings. The maximum atomic E-state index is 4.25. The zero-order chi connectivity index (χ0) is 7.52. The molecule has 0 atom stereocenters. The monoisotopic (exact) mass is 166 g/mol. The Balaban J connectivity index is 2.18. The maximum Gasteiger partial charge on any atom is 0.152 e. The van der Waals surface area contributed by atoms with Gasteiger partial charge in [-0.1, -0.05) is 12.8 Å². The van der Waals surface area contributed by atoms with Crippen molar-refractivity contribution in [2.45, 2.75) is 38.5 Å². The van der Waals surface area contributed by atoms with Crippen LogP contribution in [0.3, 0.4) is 0 Å². The number of fused-ring (bicyclic) bond motifs is 1. The van der Waals surface area contributed by atoms with E-state index in [1.165, 1.54) is 49.1 Å². The van der Waals surface area contributed by atoms with Gasteiger partial charge in [0.2, 0.25) is 0 Å². The van der Waals surface area contributed by atoms with E-state index in [1.807, 2.05) is 0 Å². The Morgan fingerprint density at radius 3 is 2.82 bits per heavy atom. The first-order valence-corrected chi connectivity index (χ1v) is 5.13. The molecule has 59 valence electrons. The number of hydrogen-bond donors (Lipinski definition) is 0. The van der Waals surface area contributed by atoms with Gasteiger partial charge in [0.05, 0.1) is 5.69 Å². The van der Waals surface area contributed by atoms with Gasteiger partial charge in [-0.3, -0.25) is 0 Å². The molecule has 1 radical (unpaired) electrons. The van der Waals surface area contributed by atoms with E-state index in [4.69, 9.17) is 0 Å². The molecule has 1 nitrogen and oxygen atoms in total. The van der Waals surface area contributed by atoms with Crippen LogP contribution in [0.1, 0.15) is 36.3 Å². The van der Waals surface area contributed by atoms with Crippen LogP contribution in [0.2, 0.25) is 0 Å². The van der Waals surface area contributed by atoms with Gasteiger partial charge in [0.25, 0.3) is 0 Å². The highest BCUT2D eigenvalue weighted by Gasteiger charge is 2.08. The third kappa shape index (κ3) is 1.62. The smallest absolute Gasteiger partial charge is 0.152 e. The predicted octanol–water partition coefficient (Wildman–Crippen LogP) is 2.60. The first-order chi connectivity index (χ1) is 5.47. The molecule has 0 N–H and O–H groups in total. The van der Waals surface area contributed by atoms with Crippen LogP contribution in [-0.2, 0) is 12.8 Å². The van der Waals surface area contributed by atoms with Gasteiger partial charge in [-0.15, -0.1) is 11.3 Å². The quantitative estimate of drug-likeness (QED) is 0.577. The average Bonchev–Trinajstić information content (AvgIpc) is 2.35. The molecule has 2 heteroatoms. The minimum absolute atomic E-state index is 1.19. The van der Waals surface area contributed by atoms with E-state index in [0.717, 1.165) is 0 Å². The molecule has 0 saturated heterocycles. The summed E-state index contributed by atoms with van der Waals surface area (Å²) in [6.07, 6.45) is 7.90. The van der Waals surface area contributed by atoms with E-state index in [9.17, 15) is 0 Å². The normalized spacial score (nSPS) is 18.5. The van der Waals surface area contributed by atoms with Crippen molar-refractivity contribution in [3.8, 4) is 0 Å². The summed E-state index contributed by atoms with van der Waals surface area (Å²) in [6, 6.07) is 0. The van der Waals surface area contributed by atoms with Crippen molar-refractivity contribution >= 4 is 11.3 Å². The van der Waals surface area contributed by atoms with Crippen molar-refractivity contribution in [1.29, 1.82) is 0 Å². The first-order valence-electron chi connectivity index (χ1n) is 4.31. The lowest BCUT2D eigenvalue weighted by atomic mass is 10.0. The van der Waals surface area contributed by atoms with E-state index in [0.29, 0.717) is 0 Å². The first kappa shape index (κ1) is 7.29. The third-order valence-electron chi connectivity index (χ3n) is 2.24. The largest absolute Gasteiger partial charge is 0.238 e. The summed E-state index contributed by atoms with van der Waals surface area (Å²) in [5.74, 6) is 0. The summed E-state index contributed by atoms with van der Waals surface area (Å²) in [5, 5.41) is 0. The Morgan fingerprint density at radius 2 is 1.91 bits per heavy atom. The van der Waals surface area contributed by atoms with E-state index in [1.54, 1.807) is 11.3 Å². The van der Waals surface area contributed by atoms with Gasteiger partial charge in [0.1, 0.15) is 0 Å². The van der Waals surface area contributed by atoms with Crippen LogP contribution < -0.4 is 0 Å². The molecular weight excluding hydrogens is 154 g/mol. The van der Waals surface area contributed by atoms with E-state index < -0.39 is 0 Å². The second-order valence-electron chi connectivity index (χ2n) is 3.09. The van der Waals surface area contributed by atoms with Crippen molar-refractivity contribution in [2.24, 2.45) is 0 Å². The van der Waals surface area contributed by atoms with Crippen molar-refractivity contribution < 1.29 is 0 Å². The number of nitrogens with zero attached hydrogens (tertiary/aromatic N) is 1. The second kappa shape index (κ2) is 3.35. The zero-order valence-corrected chi connectivity index (χ0v) is 7.41. The molecule has 0 bridgehead atoms. The predicted molar refractivity (Wildman–Crippen MR) is 46.8 cm³/mol. The fourth-order valence-corrected chi connectivity index (χ4v) is 2.35. The summed E-state index contributed by atoms with van der Waals surface area (Å²) in [4.78, 5) is 5.74. The van der Waals surface area contributed by atoms with Crippen molar-refractivity contribution in [2.75, 3.05) is 0 Å². The molecule has 0 fully saturated rings. The van der Waals surface area contributed by atoms with Crippen LogP contribution in [0.25, 0.3) is 0 Å². The Labute approximate surface area is 71.5 Å². The number of hydrogen-bond acceptors (Lipinski definition) is 2. The minimum atomic E-state index is 1.19. The zero-order valence-electron chi connectivity index (χ0n) is 6.60. The lowest BCUT2D eigenvalue weighted by Gasteiger charge is -2.06. The maximum absolute atomic E-state index is 4.25. The lowest BCUT2D eigenvalue weighted by molar-refractivity contribution is 0.615. The highest BCUT2D eigenvalue weighted by Crippen LogP contribution is 2.21. The summed E-state index contributed by atoms with van der Waals surface area (Å²) in [7, 11) is 0. The number of thiazole rings is 1. The van der Waals surface area contributed by atoms with Crippen LogP contribution in [-0.4, -0.2) is 4.98 Å². The van der Waals surface area contributed by atoms with Gasteiger partial charge < -0.3 is 0 Å². The Kier molecular flexibility index (Phi) is 2.22. The topological polar surface area (TPSA) is 12.9 Å². The van der Waals surface area contributed by atoms with E-state index in [-0.39, 0.29) is 0 Å². The minimum Gasteiger partial charge on any atom is -0.238 e. The molecule has 0 spiro atoms.